The summed E-state index contributed by atoms with van der Waals surface area (Å²) >= 11 is 0. The molecule has 0 aromatic heterocycles. The van der Waals surface area contributed by atoms with E-state index < -0.39 is 39.5 Å². The lowest BCUT2D eigenvalue weighted by Crippen LogP contribution is -2.48. The molecule has 1 fully saturated rings. The zero-order valence-corrected chi connectivity index (χ0v) is 12.2. The van der Waals surface area contributed by atoms with Gasteiger partial charge in [0.15, 0.2) is 28.0 Å². The molecule has 1 amide bonds. The van der Waals surface area contributed by atoms with Crippen molar-refractivity contribution in [3.05, 3.63) is 29.8 Å². The van der Waals surface area contributed by atoms with Crippen molar-refractivity contribution in [2.75, 3.05) is 18.1 Å². The van der Waals surface area contributed by atoms with Crippen LogP contribution in [-0.4, -0.2) is 38.0 Å². The zero-order valence-electron chi connectivity index (χ0n) is 11.4. The van der Waals surface area contributed by atoms with Gasteiger partial charge in [0.2, 0.25) is 0 Å². The van der Waals surface area contributed by atoms with E-state index in [4.69, 9.17) is 4.74 Å². The molecule has 2 rings (SSSR count). The molecular weight excluding hydrogens is 304 g/mol. The third kappa shape index (κ3) is 4.13. The minimum absolute atomic E-state index is 0.0250. The predicted molar refractivity (Wildman–Crippen MR) is 71.7 cm³/mol. The van der Waals surface area contributed by atoms with Gasteiger partial charge in [-0.15, -0.1) is 0 Å². The SMILES string of the molecule is C[C@@]1(NC(=O)COc2ccc(F)cc2F)CCS(=O)(=O)C1. The molecule has 0 radical (unpaired) electrons. The molecular formula is C13H15F2NO4S. The van der Waals surface area contributed by atoms with Gasteiger partial charge in [-0.1, -0.05) is 0 Å². The van der Waals surface area contributed by atoms with E-state index in [9.17, 15) is 22.0 Å². The monoisotopic (exact) mass is 319 g/mol. The number of carbonyl (C=O) groups is 1. The Morgan fingerprint density at radius 3 is 2.71 bits per heavy atom. The molecule has 1 aromatic carbocycles. The standard InChI is InChI=1S/C13H15F2NO4S/c1-13(4-5-21(18,19)8-13)16-12(17)7-20-11-3-2-9(14)6-10(11)15/h2-3,6H,4-5,7-8H2,1H3,(H,16,17)/t13-/m1/s1. The molecule has 21 heavy (non-hydrogen) atoms. The molecule has 1 aromatic rings. The third-order valence-corrected chi connectivity index (χ3v) is 5.10. The Bertz CT molecular complexity index is 662. The minimum Gasteiger partial charge on any atom is -0.481 e. The number of hydrogen-bond donors (Lipinski definition) is 1. The van der Waals surface area contributed by atoms with Crippen LogP contribution in [0.15, 0.2) is 18.2 Å². The number of rotatable bonds is 4. The summed E-state index contributed by atoms with van der Waals surface area (Å²) in [6.07, 6.45) is 0.325. The number of ether oxygens (including phenoxy) is 1. The summed E-state index contributed by atoms with van der Waals surface area (Å²) < 4.78 is 53.8. The molecule has 0 saturated carbocycles. The molecule has 1 aliphatic rings. The van der Waals surface area contributed by atoms with Gasteiger partial charge in [-0.25, -0.2) is 17.2 Å². The number of hydrogen-bond acceptors (Lipinski definition) is 4. The number of sulfone groups is 1. The molecule has 0 spiro atoms. The van der Waals surface area contributed by atoms with Crippen molar-refractivity contribution in [3.63, 3.8) is 0 Å². The van der Waals surface area contributed by atoms with Crippen LogP contribution in [0.2, 0.25) is 0 Å². The Balaban J connectivity index is 1.91. The van der Waals surface area contributed by atoms with Gasteiger partial charge in [0.1, 0.15) is 5.82 Å². The molecule has 0 unspecified atom stereocenters. The molecule has 116 valence electrons. The van der Waals surface area contributed by atoms with Crippen LogP contribution in [0, 0.1) is 11.6 Å². The molecule has 0 aliphatic carbocycles. The van der Waals surface area contributed by atoms with Gasteiger partial charge >= 0.3 is 0 Å². The number of carbonyl (C=O) groups excluding carboxylic acids is 1. The van der Waals surface area contributed by atoms with Crippen LogP contribution in [0.3, 0.4) is 0 Å². The van der Waals surface area contributed by atoms with Crippen LogP contribution in [0.4, 0.5) is 8.78 Å². The van der Waals surface area contributed by atoms with Crippen LogP contribution in [0.1, 0.15) is 13.3 Å². The first-order valence-corrected chi connectivity index (χ1v) is 8.11. The topological polar surface area (TPSA) is 72.5 Å². The highest BCUT2D eigenvalue weighted by molar-refractivity contribution is 7.91. The second kappa shape index (κ2) is 5.59. The van der Waals surface area contributed by atoms with E-state index in [0.29, 0.717) is 12.5 Å². The summed E-state index contributed by atoms with van der Waals surface area (Å²) in [6.45, 7) is 1.16. The summed E-state index contributed by atoms with van der Waals surface area (Å²) in [5.74, 6) is -2.55. The van der Waals surface area contributed by atoms with Crippen molar-refractivity contribution >= 4 is 15.7 Å². The fourth-order valence-electron chi connectivity index (χ4n) is 2.22. The second-order valence-corrected chi connectivity index (χ2v) is 7.50. The Morgan fingerprint density at radius 1 is 1.43 bits per heavy atom. The Hall–Kier alpha value is -1.70. The highest BCUT2D eigenvalue weighted by atomic mass is 32.2. The first-order chi connectivity index (χ1) is 9.69. The van der Waals surface area contributed by atoms with Gasteiger partial charge < -0.3 is 10.1 Å². The third-order valence-electron chi connectivity index (χ3n) is 3.20. The van der Waals surface area contributed by atoms with Crippen LogP contribution < -0.4 is 10.1 Å². The maximum absolute atomic E-state index is 13.3. The number of halogens is 2. The van der Waals surface area contributed by atoms with Gasteiger partial charge in [0, 0.05) is 6.07 Å². The second-order valence-electron chi connectivity index (χ2n) is 5.31. The van der Waals surface area contributed by atoms with Crippen LogP contribution >= 0.6 is 0 Å². The van der Waals surface area contributed by atoms with Gasteiger partial charge in [-0.2, -0.15) is 0 Å². The maximum Gasteiger partial charge on any atom is 0.258 e. The largest absolute Gasteiger partial charge is 0.481 e. The number of amides is 1. The maximum atomic E-state index is 13.3. The Kier molecular flexibility index (Phi) is 4.18. The first-order valence-electron chi connectivity index (χ1n) is 6.28. The van der Waals surface area contributed by atoms with Crippen LogP contribution in [0.5, 0.6) is 5.75 Å². The van der Waals surface area contributed by atoms with Gasteiger partial charge in [-0.05, 0) is 25.5 Å². The van der Waals surface area contributed by atoms with E-state index in [1.807, 2.05) is 0 Å². The van der Waals surface area contributed by atoms with E-state index in [1.54, 1.807) is 6.92 Å². The summed E-state index contributed by atoms with van der Waals surface area (Å²) in [7, 11) is -3.14. The smallest absolute Gasteiger partial charge is 0.258 e. The van der Waals surface area contributed by atoms with Gasteiger partial charge in [0.05, 0.1) is 17.0 Å². The summed E-state index contributed by atoms with van der Waals surface area (Å²) in [4.78, 5) is 11.7. The van der Waals surface area contributed by atoms with Crippen molar-refractivity contribution < 1.29 is 26.7 Å². The molecule has 1 heterocycles. The van der Waals surface area contributed by atoms with Crippen molar-refractivity contribution in [3.8, 4) is 5.75 Å². The highest BCUT2D eigenvalue weighted by Gasteiger charge is 2.39. The first kappa shape index (κ1) is 15.7. The van der Waals surface area contributed by atoms with Crippen LogP contribution in [0.25, 0.3) is 0 Å². The highest BCUT2D eigenvalue weighted by Crippen LogP contribution is 2.23. The zero-order chi connectivity index (χ0) is 15.7. The Morgan fingerprint density at radius 2 is 2.14 bits per heavy atom. The molecule has 1 atom stereocenters. The Labute approximate surface area is 121 Å². The number of benzene rings is 1. The lowest BCUT2D eigenvalue weighted by molar-refractivity contribution is -0.124. The molecule has 8 heteroatoms. The van der Waals surface area contributed by atoms with Crippen molar-refractivity contribution in [2.45, 2.75) is 18.9 Å². The van der Waals surface area contributed by atoms with Gasteiger partial charge in [-0.3, -0.25) is 4.79 Å². The number of nitrogens with one attached hydrogen (secondary N) is 1. The van der Waals surface area contributed by atoms with E-state index >= 15 is 0 Å². The van der Waals surface area contributed by atoms with Crippen molar-refractivity contribution in [1.29, 1.82) is 0 Å². The molecule has 0 bridgehead atoms. The van der Waals surface area contributed by atoms with Crippen LogP contribution in [-0.2, 0) is 14.6 Å². The quantitative estimate of drug-likeness (QED) is 0.900. The molecule has 1 aliphatic heterocycles. The predicted octanol–water partition coefficient (Wildman–Crippen LogP) is 1.04. The average molecular weight is 319 g/mol. The van der Waals surface area contributed by atoms with E-state index in [1.165, 1.54) is 0 Å². The summed E-state index contributed by atoms with van der Waals surface area (Å²) in [5.41, 5.74) is -0.833. The van der Waals surface area contributed by atoms with Crippen molar-refractivity contribution in [1.82, 2.24) is 5.32 Å². The molecule has 1 saturated heterocycles. The molecule has 5 nitrogen and oxygen atoms in total. The lowest BCUT2D eigenvalue weighted by Gasteiger charge is -2.23. The summed E-state index contributed by atoms with van der Waals surface area (Å²) in [5, 5.41) is 2.57. The fourth-order valence-corrected chi connectivity index (χ4v) is 4.31. The van der Waals surface area contributed by atoms with Gasteiger partial charge in [0.25, 0.3) is 5.91 Å². The average Bonchev–Trinajstić information content (AvgIpc) is 2.62. The van der Waals surface area contributed by atoms with E-state index in [0.717, 1.165) is 12.1 Å². The summed E-state index contributed by atoms with van der Waals surface area (Å²) in [6, 6.07) is 2.75. The van der Waals surface area contributed by atoms with E-state index in [2.05, 4.69) is 5.32 Å². The fraction of sp³-hybridized carbons (Fsp3) is 0.462. The normalized spacial score (nSPS) is 23.8. The van der Waals surface area contributed by atoms with Crippen molar-refractivity contribution in [2.24, 2.45) is 0 Å². The minimum atomic E-state index is -3.14. The van der Waals surface area contributed by atoms with E-state index in [-0.39, 0.29) is 17.3 Å². The lowest BCUT2D eigenvalue weighted by atomic mass is 10.0. The molecule has 1 N–H and O–H groups in total.